The van der Waals surface area contributed by atoms with E-state index in [2.05, 4.69) is 21.2 Å². The van der Waals surface area contributed by atoms with Gasteiger partial charge in [0, 0.05) is 20.9 Å². The average Bonchev–Trinajstić information content (AvgIpc) is 3.01. The molecule has 12 heteroatoms. The number of anilines is 3. The summed E-state index contributed by atoms with van der Waals surface area (Å²) in [6, 6.07) is 21.5. The third-order valence-electron chi connectivity index (χ3n) is 6.56. The molecular formula is C31H26BrN3O8. The molecule has 0 heterocycles. The predicted octanol–water partition coefficient (Wildman–Crippen LogP) is 5.65. The summed E-state index contributed by atoms with van der Waals surface area (Å²) in [6.45, 7) is 1.55. The van der Waals surface area contributed by atoms with Crippen LogP contribution in [0, 0.1) is 0 Å². The Morgan fingerprint density at radius 3 is 2.09 bits per heavy atom. The molecule has 0 aliphatic carbocycles. The number of benzene rings is 4. The number of nitrogens with one attached hydrogen (secondary N) is 1. The number of nitrogens with zero attached hydrogens (tertiary/aromatic N) is 2. The first-order valence-corrected chi connectivity index (χ1v) is 13.6. The van der Waals surface area contributed by atoms with E-state index in [-0.39, 0.29) is 23.5 Å². The van der Waals surface area contributed by atoms with E-state index in [9.17, 15) is 34.2 Å². The number of amides is 3. The lowest BCUT2D eigenvalue weighted by Gasteiger charge is -2.26. The van der Waals surface area contributed by atoms with Gasteiger partial charge >= 0.3 is 23.9 Å². The number of para-hydroxylation sites is 1. The second kappa shape index (κ2) is 13.2. The molecule has 0 unspecified atom stereocenters. The van der Waals surface area contributed by atoms with Gasteiger partial charge < -0.3 is 20.3 Å². The molecule has 0 aliphatic heterocycles. The van der Waals surface area contributed by atoms with Crippen LogP contribution >= 0.6 is 15.9 Å². The maximum atomic E-state index is 13.5. The quantitative estimate of drug-likeness (QED) is 0.206. The van der Waals surface area contributed by atoms with E-state index in [0.717, 1.165) is 14.3 Å². The van der Waals surface area contributed by atoms with Crippen molar-refractivity contribution in [2.75, 3.05) is 17.3 Å². The number of aromatic carboxylic acids is 1. The summed E-state index contributed by atoms with van der Waals surface area (Å²) in [7, 11) is 1.18. The van der Waals surface area contributed by atoms with Gasteiger partial charge in [0.25, 0.3) is 5.91 Å². The second-order valence-corrected chi connectivity index (χ2v) is 10.2. The highest BCUT2D eigenvalue weighted by Gasteiger charge is 2.31. The van der Waals surface area contributed by atoms with Gasteiger partial charge in [-0.2, -0.15) is 0 Å². The molecule has 0 radical (unpaired) electrons. The van der Waals surface area contributed by atoms with Crippen molar-refractivity contribution in [1.29, 1.82) is 0 Å². The Kier molecular flexibility index (Phi) is 9.41. The number of imide groups is 1. The predicted molar refractivity (Wildman–Crippen MR) is 162 cm³/mol. The third kappa shape index (κ3) is 6.65. The standard InChI is InChI=1S/C31H26BrN3O8/c1-18(27(36)34(31(42)43-2)17-19-11-13-20(32)14-12-19)33-24-15-16-26(22-8-4-3-7-21(22)24)35(28(37)30(40)41)25-10-6-5-9-23(25)29(38)39/h3-16,18,33H,17H2,1-2H3,(H,38,39)(H,40,41)/t18-/m0/s1. The number of carbonyl (C=O) groups excluding carboxylic acids is 3. The molecule has 0 aromatic heterocycles. The maximum Gasteiger partial charge on any atom is 0.416 e. The lowest BCUT2D eigenvalue weighted by Crippen LogP contribution is -2.44. The average molecular weight is 648 g/mol. The smallest absolute Gasteiger partial charge is 0.416 e. The zero-order valence-electron chi connectivity index (χ0n) is 23.0. The summed E-state index contributed by atoms with van der Waals surface area (Å²) < 4.78 is 5.69. The number of aliphatic carboxylic acids is 1. The number of carboxylic acid groups (broad SMARTS) is 2. The molecule has 0 spiro atoms. The van der Waals surface area contributed by atoms with Gasteiger partial charge in [-0.15, -0.1) is 0 Å². The number of rotatable bonds is 8. The Morgan fingerprint density at radius 1 is 0.837 bits per heavy atom. The van der Waals surface area contributed by atoms with Gasteiger partial charge in [0.1, 0.15) is 6.04 Å². The van der Waals surface area contributed by atoms with E-state index < -0.39 is 35.9 Å². The minimum atomic E-state index is -1.78. The van der Waals surface area contributed by atoms with Crippen LogP contribution in [-0.4, -0.2) is 58.1 Å². The van der Waals surface area contributed by atoms with Crippen LogP contribution in [0.2, 0.25) is 0 Å². The van der Waals surface area contributed by atoms with E-state index >= 15 is 0 Å². The number of fused-ring (bicyclic) bond motifs is 1. The highest BCUT2D eigenvalue weighted by atomic mass is 79.9. The SMILES string of the molecule is COC(=O)N(Cc1ccc(Br)cc1)C(=O)[C@H](C)Nc1ccc(N(C(=O)C(=O)O)c2ccccc2C(=O)O)c2ccccc12. The Bertz CT molecular complexity index is 1720. The van der Waals surface area contributed by atoms with Crippen LogP contribution in [0.1, 0.15) is 22.8 Å². The first kappa shape index (κ1) is 30.7. The minimum absolute atomic E-state index is 0.0280. The van der Waals surface area contributed by atoms with Gasteiger partial charge in [-0.05, 0) is 48.9 Å². The van der Waals surface area contributed by atoms with Crippen LogP contribution in [0.15, 0.2) is 89.4 Å². The minimum Gasteiger partial charge on any atom is -0.478 e. The molecule has 4 aromatic rings. The van der Waals surface area contributed by atoms with Gasteiger partial charge in [-0.25, -0.2) is 19.3 Å². The fourth-order valence-corrected chi connectivity index (χ4v) is 4.81. The summed E-state index contributed by atoms with van der Waals surface area (Å²) >= 11 is 3.36. The Balaban J connectivity index is 1.74. The number of carboxylic acids is 2. The number of hydrogen-bond acceptors (Lipinski definition) is 7. The third-order valence-corrected chi connectivity index (χ3v) is 7.09. The molecular weight excluding hydrogens is 622 g/mol. The van der Waals surface area contributed by atoms with Crippen molar-refractivity contribution < 1.29 is 38.9 Å². The lowest BCUT2D eigenvalue weighted by molar-refractivity contribution is -0.148. The summed E-state index contributed by atoms with van der Waals surface area (Å²) in [5, 5.41) is 23.4. The normalized spacial score (nSPS) is 11.3. The Labute approximate surface area is 254 Å². The Morgan fingerprint density at radius 2 is 1.47 bits per heavy atom. The molecule has 1 atom stereocenters. The van der Waals surface area contributed by atoms with Crippen LogP contribution in [0.5, 0.6) is 0 Å². The topological polar surface area (TPSA) is 154 Å². The number of ether oxygens (including phenoxy) is 1. The van der Waals surface area contributed by atoms with Crippen LogP contribution in [0.25, 0.3) is 10.8 Å². The van der Waals surface area contributed by atoms with Crippen LogP contribution in [-0.2, 0) is 25.7 Å². The molecule has 11 nitrogen and oxygen atoms in total. The van der Waals surface area contributed by atoms with Crippen LogP contribution < -0.4 is 10.2 Å². The molecule has 0 fully saturated rings. The second-order valence-electron chi connectivity index (χ2n) is 9.33. The molecule has 43 heavy (non-hydrogen) atoms. The monoisotopic (exact) mass is 647 g/mol. The van der Waals surface area contributed by atoms with Crippen molar-refractivity contribution in [3.8, 4) is 0 Å². The maximum absolute atomic E-state index is 13.5. The molecule has 0 saturated heterocycles. The highest BCUT2D eigenvalue weighted by Crippen LogP contribution is 2.38. The zero-order chi connectivity index (χ0) is 31.3. The first-order chi connectivity index (χ1) is 20.5. The molecule has 4 aromatic carbocycles. The van der Waals surface area contributed by atoms with Gasteiger partial charge in [-0.3, -0.25) is 14.5 Å². The highest BCUT2D eigenvalue weighted by molar-refractivity contribution is 9.10. The zero-order valence-corrected chi connectivity index (χ0v) is 24.6. The Hall–Kier alpha value is -5.23. The lowest BCUT2D eigenvalue weighted by atomic mass is 10.0. The summed E-state index contributed by atoms with van der Waals surface area (Å²) in [4.78, 5) is 64.6. The molecule has 3 N–H and O–H groups in total. The van der Waals surface area contributed by atoms with Crippen molar-refractivity contribution in [3.63, 3.8) is 0 Å². The molecule has 4 rings (SSSR count). The first-order valence-electron chi connectivity index (χ1n) is 12.8. The van der Waals surface area contributed by atoms with Gasteiger partial charge in [0.2, 0.25) is 0 Å². The van der Waals surface area contributed by atoms with Gasteiger partial charge in [-0.1, -0.05) is 64.5 Å². The van der Waals surface area contributed by atoms with Crippen molar-refractivity contribution in [3.05, 3.63) is 101 Å². The number of methoxy groups -OCH3 is 1. The summed E-state index contributed by atoms with van der Waals surface area (Å²) in [5.41, 5.74) is 0.874. The largest absolute Gasteiger partial charge is 0.478 e. The van der Waals surface area contributed by atoms with Crippen molar-refractivity contribution in [2.24, 2.45) is 0 Å². The van der Waals surface area contributed by atoms with E-state index in [4.69, 9.17) is 4.74 Å². The van der Waals surface area contributed by atoms with Crippen molar-refractivity contribution >= 4 is 73.6 Å². The number of hydrogen-bond donors (Lipinski definition) is 3. The van der Waals surface area contributed by atoms with Crippen LogP contribution in [0.4, 0.5) is 21.9 Å². The molecule has 3 amide bonds. The number of halogens is 1. The molecule has 0 aliphatic rings. The van der Waals surface area contributed by atoms with Gasteiger partial charge in [0.15, 0.2) is 0 Å². The molecule has 0 bridgehead atoms. The van der Waals surface area contributed by atoms with Crippen molar-refractivity contribution in [1.82, 2.24) is 4.90 Å². The fourth-order valence-electron chi connectivity index (χ4n) is 4.54. The summed E-state index contributed by atoms with van der Waals surface area (Å²) in [5.74, 6) is -5.04. The van der Waals surface area contributed by atoms with E-state index in [1.54, 1.807) is 61.5 Å². The number of carbonyl (C=O) groups is 5. The van der Waals surface area contributed by atoms with Crippen molar-refractivity contribution in [2.45, 2.75) is 19.5 Å². The molecule has 220 valence electrons. The summed E-state index contributed by atoms with van der Waals surface area (Å²) in [6.07, 6.45) is -0.832. The van der Waals surface area contributed by atoms with E-state index in [1.165, 1.54) is 37.4 Å². The van der Waals surface area contributed by atoms with Gasteiger partial charge in [0.05, 0.1) is 30.6 Å². The fraction of sp³-hybridized carbons (Fsp3) is 0.129. The van der Waals surface area contributed by atoms with Crippen LogP contribution in [0.3, 0.4) is 0 Å². The van der Waals surface area contributed by atoms with E-state index in [0.29, 0.717) is 22.0 Å². The molecule has 0 saturated carbocycles. The van der Waals surface area contributed by atoms with E-state index in [1.807, 2.05) is 0 Å².